The highest BCUT2D eigenvalue weighted by Crippen LogP contribution is 2.36. The second kappa shape index (κ2) is 9.29. The average molecular weight is 561 g/mol. The van der Waals surface area contributed by atoms with E-state index in [0.717, 1.165) is 25.9 Å². The summed E-state index contributed by atoms with van der Waals surface area (Å²) >= 11 is 3.60. The molecule has 0 saturated heterocycles. The van der Waals surface area contributed by atoms with Gasteiger partial charge in [-0.1, -0.05) is 6.07 Å². The Morgan fingerprint density at radius 1 is 1.16 bits per heavy atom. The van der Waals surface area contributed by atoms with E-state index in [1.54, 1.807) is 20.3 Å². The van der Waals surface area contributed by atoms with Gasteiger partial charge in [0.1, 0.15) is 11.4 Å². The van der Waals surface area contributed by atoms with Crippen LogP contribution in [0.4, 0.5) is 5.69 Å². The van der Waals surface area contributed by atoms with Crippen LogP contribution < -0.4 is 20.3 Å². The number of carbonyl (C=O) groups is 1. The number of hydrogen-bond donors (Lipinski definition) is 1. The number of anilines is 1. The van der Waals surface area contributed by atoms with Crippen LogP contribution in [0.15, 0.2) is 52.9 Å². The molecule has 2 aromatic carbocycles. The maximum atomic E-state index is 13.3. The maximum absolute atomic E-state index is 13.3. The molecule has 32 heavy (non-hydrogen) atoms. The molecule has 0 spiro atoms. The van der Waals surface area contributed by atoms with Crippen LogP contribution in [0.2, 0.25) is 0 Å². The zero-order valence-electron chi connectivity index (χ0n) is 17.6. The standard InChI is InChI=1S/C23H20IN3O4S/c1-13-8-15(24)5-6-17(13)26-20(28)10-27-12-25-22-21(23(27)29)16(11-32-22)14-4-7-18(30-2)19(9-14)31-3/h4-9,11-12H,10H2,1-3H3,(H,26,28). The minimum Gasteiger partial charge on any atom is -0.493 e. The molecule has 4 rings (SSSR count). The minimum atomic E-state index is -0.291. The van der Waals surface area contributed by atoms with E-state index in [2.05, 4.69) is 32.9 Å². The van der Waals surface area contributed by atoms with Crippen LogP contribution in [0.3, 0.4) is 0 Å². The number of benzene rings is 2. The number of aryl methyl sites for hydroxylation is 1. The van der Waals surface area contributed by atoms with Gasteiger partial charge in [-0.2, -0.15) is 0 Å². The van der Waals surface area contributed by atoms with Crippen molar-refractivity contribution in [3.05, 3.63) is 67.6 Å². The number of aromatic nitrogens is 2. The Kier molecular flexibility index (Phi) is 6.47. The van der Waals surface area contributed by atoms with Gasteiger partial charge < -0.3 is 14.8 Å². The zero-order chi connectivity index (χ0) is 22.8. The predicted octanol–water partition coefficient (Wildman–Crippen LogP) is 4.69. The van der Waals surface area contributed by atoms with Crippen LogP contribution in [0.25, 0.3) is 21.3 Å². The molecule has 0 aliphatic carbocycles. The lowest BCUT2D eigenvalue weighted by molar-refractivity contribution is -0.116. The third-order valence-corrected chi connectivity index (χ3v) is 6.59. The summed E-state index contributed by atoms with van der Waals surface area (Å²) in [7, 11) is 3.14. The van der Waals surface area contributed by atoms with Gasteiger partial charge >= 0.3 is 0 Å². The molecule has 0 unspecified atom stereocenters. The molecule has 2 aromatic heterocycles. The SMILES string of the molecule is COc1ccc(-c2csc3ncn(CC(=O)Nc4ccc(I)cc4C)c(=O)c23)cc1OC. The summed E-state index contributed by atoms with van der Waals surface area (Å²) in [5.74, 6) is 0.884. The van der Waals surface area contributed by atoms with Gasteiger partial charge in [0.25, 0.3) is 5.56 Å². The predicted molar refractivity (Wildman–Crippen MR) is 135 cm³/mol. The second-order valence-electron chi connectivity index (χ2n) is 7.08. The van der Waals surface area contributed by atoms with Gasteiger partial charge in [0.15, 0.2) is 11.5 Å². The molecular weight excluding hydrogens is 541 g/mol. The normalized spacial score (nSPS) is 10.9. The summed E-state index contributed by atoms with van der Waals surface area (Å²) in [6, 6.07) is 11.2. The minimum absolute atomic E-state index is 0.131. The van der Waals surface area contributed by atoms with Crippen LogP contribution >= 0.6 is 33.9 Å². The first kappa shape index (κ1) is 22.3. The number of thiophene rings is 1. The lowest BCUT2D eigenvalue weighted by atomic mass is 10.1. The number of fused-ring (bicyclic) bond motifs is 1. The van der Waals surface area contributed by atoms with Crippen molar-refractivity contribution >= 4 is 55.7 Å². The number of hydrogen-bond acceptors (Lipinski definition) is 6. The summed E-state index contributed by atoms with van der Waals surface area (Å²) in [5, 5.41) is 5.23. The second-order valence-corrected chi connectivity index (χ2v) is 9.19. The lowest BCUT2D eigenvalue weighted by Gasteiger charge is -2.11. The van der Waals surface area contributed by atoms with E-state index in [4.69, 9.17) is 9.47 Å². The van der Waals surface area contributed by atoms with Crippen molar-refractivity contribution in [1.29, 1.82) is 0 Å². The van der Waals surface area contributed by atoms with Crippen LogP contribution in [0.5, 0.6) is 11.5 Å². The molecule has 0 aliphatic rings. The summed E-state index contributed by atoms with van der Waals surface area (Å²) in [5.41, 5.74) is 2.96. The Morgan fingerprint density at radius 3 is 2.66 bits per heavy atom. The third-order valence-electron chi connectivity index (χ3n) is 5.03. The number of nitrogens with one attached hydrogen (secondary N) is 1. The Hall–Kier alpha value is -2.92. The molecule has 0 radical (unpaired) electrons. The zero-order valence-corrected chi connectivity index (χ0v) is 20.6. The maximum Gasteiger partial charge on any atom is 0.263 e. The van der Waals surface area contributed by atoms with Gasteiger partial charge in [0.05, 0.1) is 25.9 Å². The topological polar surface area (TPSA) is 82.5 Å². The van der Waals surface area contributed by atoms with Gasteiger partial charge in [0.2, 0.25) is 5.91 Å². The quantitative estimate of drug-likeness (QED) is 0.346. The van der Waals surface area contributed by atoms with Gasteiger partial charge in [-0.3, -0.25) is 14.2 Å². The molecule has 164 valence electrons. The first-order valence-electron chi connectivity index (χ1n) is 9.66. The van der Waals surface area contributed by atoms with Gasteiger partial charge in [-0.05, 0) is 71.0 Å². The number of ether oxygens (including phenoxy) is 2. The third kappa shape index (κ3) is 4.35. The molecule has 0 bridgehead atoms. The number of amides is 1. The smallest absolute Gasteiger partial charge is 0.263 e. The van der Waals surface area contributed by atoms with E-state index in [-0.39, 0.29) is 18.0 Å². The van der Waals surface area contributed by atoms with E-state index in [1.807, 2.05) is 42.6 Å². The molecular formula is C23H20IN3O4S. The fourth-order valence-electron chi connectivity index (χ4n) is 3.41. The molecule has 0 aliphatic heterocycles. The number of carbonyl (C=O) groups excluding carboxylic acids is 1. The number of nitrogens with zero attached hydrogens (tertiary/aromatic N) is 2. The highest BCUT2D eigenvalue weighted by Gasteiger charge is 2.16. The number of rotatable bonds is 6. The van der Waals surface area contributed by atoms with Crippen molar-refractivity contribution in [2.45, 2.75) is 13.5 Å². The van der Waals surface area contributed by atoms with E-state index in [9.17, 15) is 9.59 Å². The van der Waals surface area contributed by atoms with Crippen molar-refractivity contribution in [3.8, 4) is 22.6 Å². The highest BCUT2D eigenvalue weighted by atomic mass is 127. The van der Waals surface area contributed by atoms with E-state index >= 15 is 0 Å². The Bertz CT molecular complexity index is 1380. The molecule has 1 amide bonds. The molecule has 2 heterocycles. The summed E-state index contributed by atoms with van der Waals surface area (Å²) in [4.78, 5) is 30.9. The Balaban J connectivity index is 1.67. The van der Waals surface area contributed by atoms with Crippen LogP contribution in [-0.2, 0) is 11.3 Å². The Morgan fingerprint density at radius 2 is 1.94 bits per heavy atom. The molecule has 7 nitrogen and oxygen atoms in total. The first-order valence-corrected chi connectivity index (χ1v) is 11.6. The fraction of sp³-hybridized carbons (Fsp3) is 0.174. The monoisotopic (exact) mass is 561 g/mol. The number of halogens is 1. The summed E-state index contributed by atoms with van der Waals surface area (Å²) in [6.07, 6.45) is 1.42. The van der Waals surface area contributed by atoms with Crippen LogP contribution in [0, 0.1) is 10.5 Å². The van der Waals surface area contributed by atoms with E-state index in [1.165, 1.54) is 22.2 Å². The van der Waals surface area contributed by atoms with E-state index < -0.39 is 0 Å². The van der Waals surface area contributed by atoms with Crippen molar-refractivity contribution in [1.82, 2.24) is 9.55 Å². The number of methoxy groups -OCH3 is 2. The molecule has 0 fully saturated rings. The molecule has 9 heteroatoms. The fourth-order valence-corrected chi connectivity index (χ4v) is 4.96. The molecule has 0 atom stereocenters. The highest BCUT2D eigenvalue weighted by molar-refractivity contribution is 14.1. The van der Waals surface area contributed by atoms with Crippen LogP contribution in [0.1, 0.15) is 5.56 Å². The summed E-state index contributed by atoms with van der Waals surface area (Å²) in [6.45, 7) is 1.80. The van der Waals surface area contributed by atoms with Gasteiger partial charge in [-0.25, -0.2) is 4.98 Å². The average Bonchev–Trinajstić information content (AvgIpc) is 3.22. The first-order chi connectivity index (χ1) is 15.4. The molecule has 1 N–H and O–H groups in total. The Labute approximate surface area is 202 Å². The van der Waals surface area contributed by atoms with Crippen molar-refractivity contribution in [2.24, 2.45) is 0 Å². The van der Waals surface area contributed by atoms with Crippen molar-refractivity contribution < 1.29 is 14.3 Å². The summed E-state index contributed by atoms with van der Waals surface area (Å²) < 4.78 is 13.1. The molecule has 0 saturated carbocycles. The van der Waals surface area contributed by atoms with Crippen LogP contribution in [-0.4, -0.2) is 29.7 Å². The molecule has 4 aromatic rings. The van der Waals surface area contributed by atoms with Gasteiger partial charge in [0, 0.05) is 20.2 Å². The lowest BCUT2D eigenvalue weighted by Crippen LogP contribution is -2.28. The largest absolute Gasteiger partial charge is 0.493 e. The van der Waals surface area contributed by atoms with E-state index in [0.29, 0.717) is 21.7 Å². The van der Waals surface area contributed by atoms with Crippen molar-refractivity contribution in [3.63, 3.8) is 0 Å². The van der Waals surface area contributed by atoms with Crippen molar-refractivity contribution in [2.75, 3.05) is 19.5 Å². The van der Waals surface area contributed by atoms with Gasteiger partial charge in [-0.15, -0.1) is 11.3 Å².